The molecule has 0 amide bonds. The van der Waals surface area contributed by atoms with Crippen molar-refractivity contribution < 1.29 is 18.3 Å². The number of hydrogen-bond acceptors (Lipinski definition) is 5. The van der Waals surface area contributed by atoms with Crippen LogP contribution >= 0.6 is 15.9 Å². The van der Waals surface area contributed by atoms with E-state index in [1.165, 1.54) is 6.07 Å². The lowest BCUT2D eigenvalue weighted by Crippen LogP contribution is -2.11. The third-order valence-electron chi connectivity index (χ3n) is 3.70. The molecule has 1 aliphatic carbocycles. The Bertz CT molecular complexity index is 766. The van der Waals surface area contributed by atoms with Gasteiger partial charge < -0.3 is 15.7 Å². The Morgan fingerprint density at radius 2 is 1.96 bits per heavy atom. The highest BCUT2D eigenvalue weighted by atomic mass is 79.9. The number of aliphatic hydroxyl groups is 1. The Balaban J connectivity index is 1.85. The van der Waals surface area contributed by atoms with Crippen molar-refractivity contribution in [2.75, 3.05) is 23.8 Å². The quantitative estimate of drug-likeness (QED) is 0.655. The molecule has 1 aliphatic rings. The lowest BCUT2D eigenvalue weighted by molar-refractivity contribution is -0.137. The number of alkyl halides is 3. The minimum Gasteiger partial charge on any atom is -0.395 e. The predicted octanol–water partition coefficient (Wildman–Crippen LogP) is 4.28. The highest BCUT2D eigenvalue weighted by Gasteiger charge is 2.31. The van der Waals surface area contributed by atoms with E-state index in [1.54, 1.807) is 6.07 Å². The van der Waals surface area contributed by atoms with Crippen LogP contribution in [0.5, 0.6) is 0 Å². The zero-order chi connectivity index (χ0) is 18.0. The lowest BCUT2D eigenvalue weighted by atomic mass is 10.2. The van der Waals surface area contributed by atoms with Gasteiger partial charge in [0, 0.05) is 23.0 Å². The molecule has 0 aliphatic heterocycles. The first kappa shape index (κ1) is 17.9. The maximum atomic E-state index is 12.8. The first-order valence-electron chi connectivity index (χ1n) is 7.74. The second-order valence-corrected chi connectivity index (χ2v) is 6.60. The second kappa shape index (κ2) is 7.17. The maximum absolute atomic E-state index is 12.8. The topological polar surface area (TPSA) is 70.1 Å². The van der Waals surface area contributed by atoms with Crippen LogP contribution in [-0.2, 0) is 6.18 Å². The molecule has 1 saturated carbocycles. The van der Waals surface area contributed by atoms with E-state index in [2.05, 4.69) is 36.5 Å². The molecule has 0 bridgehead atoms. The third-order valence-corrected chi connectivity index (χ3v) is 4.35. The predicted molar refractivity (Wildman–Crippen MR) is 92.0 cm³/mol. The first-order valence-corrected chi connectivity index (χ1v) is 8.53. The molecule has 25 heavy (non-hydrogen) atoms. The molecule has 1 aromatic carbocycles. The van der Waals surface area contributed by atoms with Crippen LogP contribution in [0.2, 0.25) is 0 Å². The Morgan fingerprint density at radius 1 is 1.20 bits per heavy atom. The van der Waals surface area contributed by atoms with Crippen molar-refractivity contribution in [3.05, 3.63) is 40.0 Å². The average molecular weight is 417 g/mol. The second-order valence-electron chi connectivity index (χ2n) is 5.74. The van der Waals surface area contributed by atoms with Gasteiger partial charge in [0.15, 0.2) is 0 Å². The van der Waals surface area contributed by atoms with Gasteiger partial charge >= 0.3 is 6.18 Å². The van der Waals surface area contributed by atoms with E-state index in [4.69, 9.17) is 5.11 Å². The van der Waals surface area contributed by atoms with Crippen molar-refractivity contribution in [2.45, 2.75) is 24.9 Å². The number of aliphatic hydroxyl groups excluding tert-OH is 1. The van der Waals surface area contributed by atoms with E-state index >= 15 is 0 Å². The molecule has 1 heterocycles. The summed E-state index contributed by atoms with van der Waals surface area (Å²) in [6.45, 7) is 0.266. The summed E-state index contributed by atoms with van der Waals surface area (Å²) in [5.41, 5.74) is 0.624. The van der Waals surface area contributed by atoms with Crippen molar-refractivity contribution in [3.8, 4) is 0 Å². The van der Waals surface area contributed by atoms with Gasteiger partial charge in [-0.1, -0.05) is 0 Å². The number of nitrogens with one attached hydrogen (secondary N) is 2. The van der Waals surface area contributed by atoms with E-state index in [1.807, 2.05) is 0 Å². The molecule has 0 saturated heterocycles. The maximum Gasteiger partial charge on any atom is 0.416 e. The summed E-state index contributed by atoms with van der Waals surface area (Å²) >= 11 is 3.16. The third kappa shape index (κ3) is 4.60. The van der Waals surface area contributed by atoms with E-state index in [-0.39, 0.29) is 6.61 Å². The molecule has 1 fully saturated rings. The van der Waals surface area contributed by atoms with Crippen LogP contribution in [0.3, 0.4) is 0 Å². The molecule has 0 spiro atoms. The Morgan fingerprint density at radius 3 is 2.56 bits per heavy atom. The van der Waals surface area contributed by atoms with E-state index < -0.39 is 11.7 Å². The number of aromatic nitrogens is 2. The number of benzene rings is 1. The van der Waals surface area contributed by atoms with Crippen molar-refractivity contribution in [1.29, 1.82) is 0 Å². The highest BCUT2D eigenvalue weighted by molar-refractivity contribution is 9.10. The van der Waals surface area contributed by atoms with Crippen LogP contribution in [0.25, 0.3) is 0 Å². The molecule has 134 valence electrons. The molecular formula is C16H16BrF3N4O. The normalized spacial score (nSPS) is 14.4. The summed E-state index contributed by atoms with van der Waals surface area (Å²) in [7, 11) is 0. The van der Waals surface area contributed by atoms with Crippen molar-refractivity contribution in [2.24, 2.45) is 0 Å². The Kier molecular flexibility index (Phi) is 5.14. The molecule has 3 rings (SSSR count). The van der Waals surface area contributed by atoms with Crippen LogP contribution in [-0.4, -0.2) is 28.2 Å². The van der Waals surface area contributed by atoms with Crippen molar-refractivity contribution in [3.63, 3.8) is 0 Å². The summed E-state index contributed by atoms with van der Waals surface area (Å²) in [6, 6.07) is 5.19. The van der Waals surface area contributed by atoms with Gasteiger partial charge in [-0.05, 0) is 47.0 Å². The summed E-state index contributed by atoms with van der Waals surface area (Å²) in [5, 5.41) is 14.9. The van der Waals surface area contributed by atoms with Crippen LogP contribution in [0.15, 0.2) is 28.7 Å². The lowest BCUT2D eigenvalue weighted by Gasteiger charge is -2.13. The minimum atomic E-state index is -4.39. The molecule has 5 nitrogen and oxygen atoms in total. The van der Waals surface area contributed by atoms with Gasteiger partial charge in [-0.2, -0.15) is 18.2 Å². The largest absolute Gasteiger partial charge is 0.416 e. The Hall–Kier alpha value is -1.87. The van der Waals surface area contributed by atoms with E-state index in [0.717, 1.165) is 30.7 Å². The zero-order valence-electron chi connectivity index (χ0n) is 13.1. The van der Waals surface area contributed by atoms with Crippen molar-refractivity contribution in [1.82, 2.24) is 9.97 Å². The number of hydrogen-bond donors (Lipinski definition) is 3. The van der Waals surface area contributed by atoms with Gasteiger partial charge in [0.05, 0.1) is 23.6 Å². The zero-order valence-corrected chi connectivity index (χ0v) is 14.7. The van der Waals surface area contributed by atoms with Gasteiger partial charge in [0.1, 0.15) is 5.82 Å². The number of anilines is 3. The number of nitrogens with zero attached hydrogens (tertiary/aromatic N) is 2. The molecular weight excluding hydrogens is 401 g/mol. The van der Waals surface area contributed by atoms with E-state index in [9.17, 15) is 13.2 Å². The molecule has 0 atom stereocenters. The average Bonchev–Trinajstić information content (AvgIpc) is 3.38. The van der Waals surface area contributed by atoms with Crippen LogP contribution in [0.4, 0.5) is 30.6 Å². The number of rotatable bonds is 6. The SMILES string of the molecule is OCCNc1nc(Nc2ccc(C(F)(F)F)cc2Br)cc(C2CC2)n1. The molecule has 1 aromatic heterocycles. The molecule has 2 aromatic rings. The molecule has 9 heteroatoms. The van der Waals surface area contributed by atoms with Crippen LogP contribution < -0.4 is 10.6 Å². The summed E-state index contributed by atoms with van der Waals surface area (Å²) in [4.78, 5) is 8.71. The van der Waals surface area contributed by atoms with Gasteiger partial charge in [0.25, 0.3) is 0 Å². The van der Waals surface area contributed by atoms with Gasteiger partial charge in [-0.3, -0.25) is 0 Å². The molecule has 3 N–H and O–H groups in total. The van der Waals surface area contributed by atoms with Gasteiger partial charge in [-0.15, -0.1) is 0 Å². The number of halogens is 4. The fourth-order valence-electron chi connectivity index (χ4n) is 2.30. The standard InChI is InChI=1S/C16H16BrF3N4O/c17-11-7-10(16(18,19)20)3-4-12(11)22-14-8-13(9-1-2-9)23-15(24-14)21-5-6-25/h3-4,7-9,25H,1-2,5-6H2,(H2,21,22,23,24). The fourth-order valence-corrected chi connectivity index (χ4v) is 2.77. The monoisotopic (exact) mass is 416 g/mol. The highest BCUT2D eigenvalue weighted by Crippen LogP contribution is 2.40. The Labute approximate surface area is 150 Å². The molecule has 0 radical (unpaired) electrons. The van der Waals surface area contributed by atoms with E-state index in [0.29, 0.717) is 34.4 Å². The van der Waals surface area contributed by atoms with Crippen LogP contribution in [0.1, 0.15) is 30.0 Å². The minimum absolute atomic E-state index is 0.0514. The summed E-state index contributed by atoms with van der Waals surface area (Å²) < 4.78 is 38.6. The fraction of sp³-hybridized carbons (Fsp3) is 0.375. The van der Waals surface area contributed by atoms with Gasteiger partial charge in [0.2, 0.25) is 5.95 Å². The first-order chi connectivity index (χ1) is 11.9. The summed E-state index contributed by atoms with van der Waals surface area (Å²) in [6.07, 6.45) is -2.28. The summed E-state index contributed by atoms with van der Waals surface area (Å²) in [5.74, 6) is 1.25. The molecule has 0 unspecified atom stereocenters. The van der Waals surface area contributed by atoms with Crippen molar-refractivity contribution >= 4 is 33.4 Å². The van der Waals surface area contributed by atoms with Crippen LogP contribution in [0, 0.1) is 0 Å². The smallest absolute Gasteiger partial charge is 0.395 e. The van der Waals surface area contributed by atoms with Gasteiger partial charge in [-0.25, -0.2) is 4.98 Å².